The summed E-state index contributed by atoms with van der Waals surface area (Å²) in [5.74, 6) is 0. The van der Waals surface area contributed by atoms with Crippen LogP contribution in [0.15, 0.2) is 291 Å². The molecule has 0 radical (unpaired) electrons. The Labute approximate surface area is 420 Å². The first-order chi connectivity index (χ1) is 35.7. The zero-order valence-corrected chi connectivity index (χ0v) is 39.6. The normalized spacial score (nSPS) is 11.3. The van der Waals surface area contributed by atoms with E-state index in [1.165, 1.54) is 54.6 Å². The van der Waals surface area contributed by atoms with Crippen molar-refractivity contribution < 1.29 is 0 Å². The van der Waals surface area contributed by atoms with Crippen LogP contribution >= 0.6 is 0 Å². The number of nitrogens with zero attached hydrogens (tertiary/aromatic N) is 2. The number of anilines is 6. The molecule has 338 valence electrons. The van der Waals surface area contributed by atoms with Gasteiger partial charge >= 0.3 is 0 Å². The third-order valence-electron chi connectivity index (χ3n) is 14.2. The van der Waals surface area contributed by atoms with Crippen molar-refractivity contribution >= 4 is 77.2 Å². The average molecular weight is 917 g/mol. The first-order valence-electron chi connectivity index (χ1n) is 24.7. The van der Waals surface area contributed by atoms with Crippen molar-refractivity contribution in [2.24, 2.45) is 0 Å². The highest BCUT2D eigenvalue weighted by molar-refractivity contribution is 6.07. The van der Waals surface area contributed by atoms with Gasteiger partial charge in [-0.15, -0.1) is 0 Å². The Bertz CT molecular complexity index is 4070. The van der Waals surface area contributed by atoms with Crippen molar-refractivity contribution in [1.29, 1.82) is 0 Å². The van der Waals surface area contributed by atoms with Crippen LogP contribution in [-0.2, 0) is 0 Å². The fraction of sp³-hybridized carbons (Fsp3) is 0. The monoisotopic (exact) mass is 916 g/mol. The fourth-order valence-corrected chi connectivity index (χ4v) is 10.6. The summed E-state index contributed by atoms with van der Waals surface area (Å²) in [5.41, 5.74) is 15.9. The van der Waals surface area contributed by atoms with Crippen LogP contribution in [0.3, 0.4) is 0 Å². The molecule has 0 fully saturated rings. The van der Waals surface area contributed by atoms with Gasteiger partial charge in [-0.05, 0) is 150 Å². The van der Waals surface area contributed by atoms with Crippen molar-refractivity contribution in [1.82, 2.24) is 0 Å². The van der Waals surface area contributed by atoms with Gasteiger partial charge in [-0.1, -0.05) is 212 Å². The highest BCUT2D eigenvalue weighted by Crippen LogP contribution is 2.49. The van der Waals surface area contributed by atoms with Crippen molar-refractivity contribution in [2.75, 3.05) is 9.80 Å². The van der Waals surface area contributed by atoms with E-state index in [1.54, 1.807) is 0 Å². The fourth-order valence-electron chi connectivity index (χ4n) is 10.6. The molecule has 13 aromatic carbocycles. The standard InChI is InChI=1S/C70H48N2/c1-4-19-54(20-5-1)66-45-60-46-67(55-21-6-2-7-22-55)70(72(68-30-16-26-53-23-14-15-29-65(53)68)64-41-37-52(38-42-64)59-34-32-50-18-11-13-25-57(50)44-59)48-61(60)47-69(66)71(62-27-8-3-9-28-62)63-39-35-51(36-40-63)58-33-31-49-17-10-12-24-56(49)43-58/h1-48H. The molecule has 0 saturated heterocycles. The molecule has 0 bridgehead atoms. The van der Waals surface area contributed by atoms with Crippen LogP contribution in [0.2, 0.25) is 0 Å². The van der Waals surface area contributed by atoms with Gasteiger partial charge in [0.15, 0.2) is 0 Å². The third kappa shape index (κ3) is 8.01. The number of rotatable bonds is 10. The van der Waals surface area contributed by atoms with Crippen LogP contribution < -0.4 is 9.80 Å². The maximum absolute atomic E-state index is 2.47. The van der Waals surface area contributed by atoms with Crippen LogP contribution in [-0.4, -0.2) is 0 Å². The number of para-hydroxylation sites is 1. The van der Waals surface area contributed by atoms with Gasteiger partial charge in [0.2, 0.25) is 0 Å². The third-order valence-corrected chi connectivity index (χ3v) is 14.2. The van der Waals surface area contributed by atoms with Gasteiger partial charge in [0.25, 0.3) is 0 Å². The number of hydrogen-bond donors (Lipinski definition) is 0. The molecule has 0 aliphatic rings. The Balaban J connectivity index is 1.03. The number of fused-ring (bicyclic) bond motifs is 4. The maximum Gasteiger partial charge on any atom is 0.0546 e. The van der Waals surface area contributed by atoms with Crippen molar-refractivity contribution in [3.63, 3.8) is 0 Å². The lowest BCUT2D eigenvalue weighted by Crippen LogP contribution is -2.13. The summed E-state index contributed by atoms with van der Waals surface area (Å²) in [5, 5.41) is 9.61. The Morgan fingerprint density at radius 3 is 1.11 bits per heavy atom. The first kappa shape index (κ1) is 42.6. The molecule has 0 aliphatic heterocycles. The molecule has 0 heterocycles. The number of benzene rings is 13. The van der Waals surface area contributed by atoms with Crippen LogP contribution in [0.5, 0.6) is 0 Å². The SMILES string of the molecule is c1ccc(-c2cc3cc(-c4ccccc4)c(N(c4ccc(-c5ccc6ccccc6c5)cc4)c4cccc5ccccc45)cc3cc2N(c2ccccc2)c2ccc(-c3ccc4ccccc4c3)cc2)cc1. The minimum Gasteiger partial charge on any atom is -0.310 e. The lowest BCUT2D eigenvalue weighted by molar-refractivity contribution is 1.28. The van der Waals surface area contributed by atoms with Gasteiger partial charge in [-0.25, -0.2) is 0 Å². The largest absolute Gasteiger partial charge is 0.310 e. The summed E-state index contributed by atoms with van der Waals surface area (Å²) < 4.78 is 0. The molecule has 2 nitrogen and oxygen atoms in total. The molecule has 0 aliphatic carbocycles. The van der Waals surface area contributed by atoms with E-state index in [1.807, 2.05) is 0 Å². The van der Waals surface area contributed by atoms with Gasteiger partial charge in [0.1, 0.15) is 0 Å². The molecule has 0 saturated carbocycles. The van der Waals surface area contributed by atoms with Crippen LogP contribution in [0, 0.1) is 0 Å². The van der Waals surface area contributed by atoms with E-state index in [2.05, 4.69) is 301 Å². The molecule has 2 heteroatoms. The Morgan fingerprint density at radius 2 is 0.569 bits per heavy atom. The summed E-state index contributed by atoms with van der Waals surface area (Å²) in [6, 6.07) is 106. The first-order valence-corrected chi connectivity index (χ1v) is 24.7. The molecule has 0 aromatic heterocycles. The molecule has 13 rings (SSSR count). The summed E-state index contributed by atoms with van der Waals surface area (Å²) in [6.07, 6.45) is 0. The van der Waals surface area contributed by atoms with Gasteiger partial charge in [0, 0.05) is 33.6 Å². The second-order valence-electron chi connectivity index (χ2n) is 18.5. The lowest BCUT2D eigenvalue weighted by atomic mass is 9.93. The van der Waals surface area contributed by atoms with E-state index in [0.29, 0.717) is 0 Å². The molecule has 0 unspecified atom stereocenters. The molecule has 0 atom stereocenters. The van der Waals surface area contributed by atoms with E-state index < -0.39 is 0 Å². The van der Waals surface area contributed by atoms with Gasteiger partial charge in [0.05, 0.1) is 17.1 Å². The van der Waals surface area contributed by atoms with Gasteiger partial charge < -0.3 is 9.80 Å². The molecular formula is C70H48N2. The second-order valence-corrected chi connectivity index (χ2v) is 18.5. The zero-order chi connectivity index (χ0) is 47.8. The van der Waals surface area contributed by atoms with E-state index in [0.717, 1.165) is 67.2 Å². The lowest BCUT2D eigenvalue weighted by Gasteiger charge is -2.31. The Hall–Kier alpha value is -9.50. The second kappa shape index (κ2) is 18.4. The Kier molecular flexibility index (Phi) is 10.9. The van der Waals surface area contributed by atoms with Crippen LogP contribution in [0.4, 0.5) is 34.1 Å². The molecule has 72 heavy (non-hydrogen) atoms. The quantitative estimate of drug-likeness (QED) is 0.135. The minimum absolute atomic E-state index is 1.07. The van der Waals surface area contributed by atoms with E-state index >= 15 is 0 Å². The van der Waals surface area contributed by atoms with E-state index in [9.17, 15) is 0 Å². The van der Waals surface area contributed by atoms with E-state index in [-0.39, 0.29) is 0 Å². The van der Waals surface area contributed by atoms with Gasteiger partial charge in [-0.3, -0.25) is 0 Å². The highest BCUT2D eigenvalue weighted by Gasteiger charge is 2.24. The molecule has 13 aromatic rings. The van der Waals surface area contributed by atoms with Crippen LogP contribution in [0.1, 0.15) is 0 Å². The molecule has 0 amide bonds. The Morgan fingerprint density at radius 1 is 0.181 bits per heavy atom. The molecule has 0 N–H and O–H groups in total. The summed E-state index contributed by atoms with van der Waals surface area (Å²) in [4.78, 5) is 4.89. The van der Waals surface area contributed by atoms with E-state index in [4.69, 9.17) is 0 Å². The predicted molar refractivity (Wildman–Crippen MR) is 308 cm³/mol. The van der Waals surface area contributed by atoms with Crippen LogP contribution in [0.25, 0.3) is 87.6 Å². The highest BCUT2D eigenvalue weighted by atomic mass is 15.2. The smallest absolute Gasteiger partial charge is 0.0546 e. The summed E-state index contributed by atoms with van der Waals surface area (Å²) in [7, 11) is 0. The van der Waals surface area contributed by atoms with Crippen molar-refractivity contribution in [2.45, 2.75) is 0 Å². The average Bonchev–Trinajstić information content (AvgIpc) is 3.46. The molecule has 0 spiro atoms. The maximum atomic E-state index is 2.47. The van der Waals surface area contributed by atoms with Crippen molar-refractivity contribution in [3.05, 3.63) is 291 Å². The summed E-state index contributed by atoms with van der Waals surface area (Å²) in [6.45, 7) is 0. The number of hydrogen-bond acceptors (Lipinski definition) is 2. The predicted octanol–water partition coefficient (Wildman–Crippen LogP) is 19.9. The van der Waals surface area contributed by atoms with Gasteiger partial charge in [-0.2, -0.15) is 0 Å². The molecular weight excluding hydrogens is 869 g/mol. The topological polar surface area (TPSA) is 6.48 Å². The summed E-state index contributed by atoms with van der Waals surface area (Å²) >= 11 is 0. The van der Waals surface area contributed by atoms with Crippen molar-refractivity contribution in [3.8, 4) is 44.5 Å². The minimum atomic E-state index is 1.07. The zero-order valence-electron chi connectivity index (χ0n) is 39.6.